The van der Waals surface area contributed by atoms with Crippen molar-refractivity contribution in [2.75, 3.05) is 6.54 Å². The number of nitrogens with one attached hydrogen (secondary N) is 1. The molecule has 0 spiro atoms. The summed E-state index contributed by atoms with van der Waals surface area (Å²) in [5.41, 5.74) is 3.74. The molecule has 1 unspecified atom stereocenters. The van der Waals surface area contributed by atoms with Crippen molar-refractivity contribution in [3.05, 3.63) is 69.2 Å². The van der Waals surface area contributed by atoms with Crippen LogP contribution in [0.1, 0.15) is 22.7 Å². The topological polar surface area (TPSA) is 12.0 Å². The predicted octanol–water partition coefficient (Wildman–Crippen LogP) is 4.23. The molecule has 0 fully saturated rings. The van der Waals surface area contributed by atoms with Crippen LogP contribution in [0.2, 0.25) is 10.0 Å². The molecule has 1 aliphatic heterocycles. The standard InChI is InChI=1S/C15H13Cl2N/c16-13-7-3-6-12(14(13)17)15-11-5-2-1-4-10(11)8-9-18-15/h1-7,15,18H,8-9H2. The molecule has 0 saturated heterocycles. The van der Waals surface area contributed by atoms with Crippen molar-refractivity contribution in [3.63, 3.8) is 0 Å². The fraction of sp³-hybridized carbons (Fsp3) is 0.200. The van der Waals surface area contributed by atoms with Crippen molar-refractivity contribution in [3.8, 4) is 0 Å². The lowest BCUT2D eigenvalue weighted by atomic mass is 9.90. The zero-order valence-corrected chi connectivity index (χ0v) is 11.3. The van der Waals surface area contributed by atoms with Gasteiger partial charge in [0.1, 0.15) is 0 Å². The Bertz CT molecular complexity index is 580. The summed E-state index contributed by atoms with van der Waals surface area (Å²) >= 11 is 12.4. The van der Waals surface area contributed by atoms with E-state index in [1.807, 2.05) is 18.2 Å². The molecular formula is C15H13Cl2N. The zero-order valence-electron chi connectivity index (χ0n) is 9.79. The third kappa shape index (κ3) is 2.03. The minimum atomic E-state index is 0.140. The summed E-state index contributed by atoms with van der Waals surface area (Å²) in [4.78, 5) is 0. The van der Waals surface area contributed by atoms with Gasteiger partial charge in [-0.2, -0.15) is 0 Å². The summed E-state index contributed by atoms with van der Waals surface area (Å²) in [5.74, 6) is 0. The second kappa shape index (κ2) is 4.93. The molecule has 3 heteroatoms. The molecule has 0 saturated carbocycles. The Hall–Kier alpha value is -1.02. The first kappa shape index (κ1) is 12.0. The van der Waals surface area contributed by atoms with E-state index in [4.69, 9.17) is 23.2 Å². The first-order valence-electron chi connectivity index (χ1n) is 6.02. The molecule has 0 aromatic heterocycles. The van der Waals surface area contributed by atoms with Crippen molar-refractivity contribution in [2.45, 2.75) is 12.5 Å². The molecule has 0 amide bonds. The highest BCUT2D eigenvalue weighted by atomic mass is 35.5. The van der Waals surface area contributed by atoms with E-state index >= 15 is 0 Å². The highest BCUT2D eigenvalue weighted by Crippen LogP contribution is 2.35. The molecule has 18 heavy (non-hydrogen) atoms. The van der Waals surface area contributed by atoms with Crippen LogP contribution in [0.5, 0.6) is 0 Å². The molecule has 1 heterocycles. The first-order chi connectivity index (χ1) is 8.77. The van der Waals surface area contributed by atoms with E-state index < -0.39 is 0 Å². The largest absolute Gasteiger partial charge is 0.306 e. The number of halogens is 2. The maximum Gasteiger partial charge on any atom is 0.0643 e. The molecule has 1 nitrogen and oxygen atoms in total. The van der Waals surface area contributed by atoms with Gasteiger partial charge in [-0.15, -0.1) is 0 Å². The van der Waals surface area contributed by atoms with Gasteiger partial charge in [0.05, 0.1) is 16.1 Å². The SMILES string of the molecule is Clc1cccc(C2NCCc3ccccc32)c1Cl. The van der Waals surface area contributed by atoms with Crippen LogP contribution in [0.3, 0.4) is 0 Å². The molecule has 0 bridgehead atoms. The van der Waals surface area contributed by atoms with Gasteiger partial charge < -0.3 is 5.32 Å². The zero-order chi connectivity index (χ0) is 12.5. The third-order valence-electron chi connectivity index (χ3n) is 3.40. The number of rotatable bonds is 1. The van der Waals surface area contributed by atoms with Gasteiger partial charge >= 0.3 is 0 Å². The van der Waals surface area contributed by atoms with Crippen LogP contribution >= 0.6 is 23.2 Å². The smallest absolute Gasteiger partial charge is 0.0643 e. The summed E-state index contributed by atoms with van der Waals surface area (Å²) in [7, 11) is 0. The van der Waals surface area contributed by atoms with Gasteiger partial charge in [0.15, 0.2) is 0 Å². The van der Waals surface area contributed by atoms with E-state index in [0.29, 0.717) is 10.0 Å². The minimum absolute atomic E-state index is 0.140. The monoisotopic (exact) mass is 277 g/mol. The lowest BCUT2D eigenvalue weighted by molar-refractivity contribution is 0.568. The van der Waals surface area contributed by atoms with Crippen LogP contribution in [-0.4, -0.2) is 6.54 Å². The van der Waals surface area contributed by atoms with E-state index in [-0.39, 0.29) is 6.04 Å². The number of hydrogen-bond acceptors (Lipinski definition) is 1. The van der Waals surface area contributed by atoms with E-state index in [1.54, 1.807) is 0 Å². The van der Waals surface area contributed by atoms with E-state index in [2.05, 4.69) is 29.6 Å². The van der Waals surface area contributed by atoms with Crippen LogP contribution in [0.15, 0.2) is 42.5 Å². The Labute approximate surface area is 117 Å². The molecule has 0 radical (unpaired) electrons. The molecular weight excluding hydrogens is 265 g/mol. The average Bonchev–Trinajstić information content (AvgIpc) is 2.41. The van der Waals surface area contributed by atoms with Gasteiger partial charge in [0.25, 0.3) is 0 Å². The highest BCUT2D eigenvalue weighted by molar-refractivity contribution is 6.42. The lowest BCUT2D eigenvalue weighted by Gasteiger charge is -2.28. The van der Waals surface area contributed by atoms with Crippen molar-refractivity contribution in [1.29, 1.82) is 0 Å². The summed E-state index contributed by atoms with van der Waals surface area (Å²) in [5, 5.41) is 4.77. The van der Waals surface area contributed by atoms with Crippen LogP contribution in [-0.2, 0) is 6.42 Å². The fourth-order valence-corrected chi connectivity index (χ4v) is 2.94. The van der Waals surface area contributed by atoms with Gasteiger partial charge in [-0.25, -0.2) is 0 Å². The predicted molar refractivity (Wildman–Crippen MR) is 76.5 cm³/mol. The summed E-state index contributed by atoms with van der Waals surface area (Å²) in [6.07, 6.45) is 1.06. The second-order valence-corrected chi connectivity index (χ2v) is 5.26. The van der Waals surface area contributed by atoms with Crippen molar-refractivity contribution in [2.24, 2.45) is 0 Å². The maximum absolute atomic E-state index is 6.32. The summed E-state index contributed by atoms with van der Waals surface area (Å²) in [6.45, 7) is 0.963. The molecule has 1 aliphatic rings. The van der Waals surface area contributed by atoms with E-state index in [0.717, 1.165) is 18.5 Å². The number of fused-ring (bicyclic) bond motifs is 1. The number of hydrogen-bond donors (Lipinski definition) is 1. The van der Waals surface area contributed by atoms with Crippen LogP contribution < -0.4 is 5.32 Å². The van der Waals surface area contributed by atoms with Gasteiger partial charge in [0.2, 0.25) is 0 Å². The van der Waals surface area contributed by atoms with Gasteiger partial charge in [0, 0.05) is 6.54 Å². The van der Waals surface area contributed by atoms with Crippen molar-refractivity contribution < 1.29 is 0 Å². The molecule has 2 aromatic rings. The van der Waals surface area contributed by atoms with Gasteiger partial charge in [-0.3, -0.25) is 0 Å². The Morgan fingerprint density at radius 1 is 0.944 bits per heavy atom. The number of benzene rings is 2. The Balaban J connectivity index is 2.11. The van der Waals surface area contributed by atoms with Crippen molar-refractivity contribution >= 4 is 23.2 Å². The fourth-order valence-electron chi connectivity index (χ4n) is 2.53. The van der Waals surface area contributed by atoms with Crippen LogP contribution in [0.25, 0.3) is 0 Å². The summed E-state index contributed by atoms with van der Waals surface area (Å²) in [6, 6.07) is 14.4. The quantitative estimate of drug-likeness (QED) is 0.823. The second-order valence-electron chi connectivity index (χ2n) is 4.48. The highest BCUT2D eigenvalue weighted by Gasteiger charge is 2.23. The normalized spacial score (nSPS) is 18.4. The Kier molecular flexibility index (Phi) is 3.29. The van der Waals surface area contributed by atoms with Crippen LogP contribution in [0.4, 0.5) is 0 Å². The van der Waals surface area contributed by atoms with Crippen LogP contribution in [0, 0.1) is 0 Å². The molecule has 3 rings (SSSR count). The Morgan fingerprint density at radius 3 is 2.61 bits per heavy atom. The van der Waals surface area contributed by atoms with E-state index in [1.165, 1.54) is 11.1 Å². The summed E-state index contributed by atoms with van der Waals surface area (Å²) < 4.78 is 0. The van der Waals surface area contributed by atoms with E-state index in [9.17, 15) is 0 Å². The average molecular weight is 278 g/mol. The van der Waals surface area contributed by atoms with Crippen molar-refractivity contribution in [1.82, 2.24) is 5.32 Å². The molecule has 0 aliphatic carbocycles. The Morgan fingerprint density at radius 2 is 1.72 bits per heavy atom. The molecule has 92 valence electrons. The third-order valence-corrected chi connectivity index (χ3v) is 4.23. The molecule has 1 atom stereocenters. The molecule has 2 aromatic carbocycles. The lowest BCUT2D eigenvalue weighted by Crippen LogP contribution is -2.30. The van der Waals surface area contributed by atoms with Gasteiger partial charge in [-0.05, 0) is 29.2 Å². The minimum Gasteiger partial charge on any atom is -0.306 e. The first-order valence-corrected chi connectivity index (χ1v) is 6.78. The van der Waals surface area contributed by atoms with Gasteiger partial charge in [-0.1, -0.05) is 59.6 Å². The molecule has 1 N–H and O–H groups in total. The maximum atomic E-state index is 6.32.